The fraction of sp³-hybridized carbons (Fsp3) is 0.457. The van der Waals surface area contributed by atoms with Gasteiger partial charge in [-0.1, -0.05) is 18.2 Å². The third-order valence-corrected chi connectivity index (χ3v) is 8.01. The van der Waals surface area contributed by atoms with Gasteiger partial charge in [-0.25, -0.2) is 14.4 Å². The topological polar surface area (TPSA) is 174 Å². The molecule has 0 radical (unpaired) electrons. The minimum atomic E-state index is -1.25. The summed E-state index contributed by atoms with van der Waals surface area (Å²) in [6.07, 6.45) is 0.695. The molecule has 4 heterocycles. The van der Waals surface area contributed by atoms with Crippen LogP contribution >= 0.6 is 0 Å². The number of amides is 4. The summed E-state index contributed by atoms with van der Waals surface area (Å²) >= 11 is 0. The summed E-state index contributed by atoms with van der Waals surface area (Å²) in [5.41, 5.74) is -0.289. The summed E-state index contributed by atoms with van der Waals surface area (Å²) in [7, 11) is 1.74. The van der Waals surface area contributed by atoms with Gasteiger partial charge in [-0.05, 0) is 72.6 Å². The number of likely N-dealkylation sites (tertiary alicyclic amines) is 1. The molecular weight excluding hydrogens is 648 g/mol. The Balaban J connectivity index is 1.35. The maximum Gasteiger partial charge on any atom is 0.416 e. The summed E-state index contributed by atoms with van der Waals surface area (Å²) in [5, 5.41) is 14.3. The molecule has 2 aliphatic heterocycles. The molecule has 1 fully saturated rings. The van der Waals surface area contributed by atoms with Crippen molar-refractivity contribution in [2.75, 3.05) is 18.0 Å². The van der Waals surface area contributed by atoms with E-state index in [9.17, 15) is 29.1 Å². The van der Waals surface area contributed by atoms with Crippen LogP contribution in [0.5, 0.6) is 11.6 Å². The largest absolute Gasteiger partial charge is 0.480 e. The maximum absolute atomic E-state index is 13.7. The van der Waals surface area contributed by atoms with Gasteiger partial charge in [-0.15, -0.1) is 0 Å². The summed E-state index contributed by atoms with van der Waals surface area (Å²) in [6.45, 7) is 10.2. The van der Waals surface area contributed by atoms with Gasteiger partial charge in [-0.3, -0.25) is 29.0 Å². The molecule has 266 valence electrons. The zero-order chi connectivity index (χ0) is 36.5. The zero-order valence-corrected chi connectivity index (χ0v) is 29.2. The maximum atomic E-state index is 13.7. The Kier molecular flexibility index (Phi) is 9.89. The Morgan fingerprint density at radius 1 is 0.940 bits per heavy atom. The van der Waals surface area contributed by atoms with E-state index in [0.717, 1.165) is 4.90 Å². The van der Waals surface area contributed by atoms with Gasteiger partial charge in [0.25, 0.3) is 11.8 Å². The van der Waals surface area contributed by atoms with Crippen molar-refractivity contribution < 1.29 is 43.3 Å². The van der Waals surface area contributed by atoms with Crippen molar-refractivity contribution in [2.24, 2.45) is 7.05 Å². The second kappa shape index (κ2) is 13.8. The highest BCUT2D eigenvalue weighted by atomic mass is 16.6. The standard InChI is InChI=1S/C35H42N6O9/c1-34(2,3)49-32(46)40-20-21(18-25(40)31(44)45)41(33(47)50-35(4,5)6)27-15-10-16-28(37-27)48-26-19-36-38(7)24(26)14-11-17-39-29(42)22-12-8-9-13-23(22)30(39)43/h8-10,12-13,15-16,19,21,25H,11,14,17-18,20H2,1-7H3,(H,44,45)/t21-,25-/m0/s1. The van der Waals surface area contributed by atoms with E-state index in [2.05, 4.69) is 10.1 Å². The molecule has 2 aliphatic rings. The van der Waals surface area contributed by atoms with Crippen molar-refractivity contribution in [3.8, 4) is 11.6 Å². The van der Waals surface area contributed by atoms with Gasteiger partial charge in [0.05, 0.1) is 29.1 Å². The average Bonchev–Trinajstić information content (AvgIpc) is 3.67. The van der Waals surface area contributed by atoms with Gasteiger partial charge in [-0.2, -0.15) is 10.1 Å². The summed E-state index contributed by atoms with van der Waals surface area (Å²) in [4.78, 5) is 72.7. The minimum Gasteiger partial charge on any atom is -0.480 e. The number of carbonyl (C=O) groups excluding carboxylic acids is 4. The number of rotatable bonds is 9. The van der Waals surface area contributed by atoms with Crippen LogP contribution in [0, 0.1) is 0 Å². The van der Waals surface area contributed by atoms with Crippen LogP contribution in [0.25, 0.3) is 0 Å². The molecule has 0 spiro atoms. The fourth-order valence-electron chi connectivity index (χ4n) is 5.87. The van der Waals surface area contributed by atoms with E-state index in [0.29, 0.717) is 35.4 Å². The smallest absolute Gasteiger partial charge is 0.416 e. The first kappa shape index (κ1) is 35.8. The molecule has 3 aromatic rings. The lowest BCUT2D eigenvalue weighted by molar-refractivity contribution is -0.142. The molecule has 50 heavy (non-hydrogen) atoms. The van der Waals surface area contributed by atoms with Crippen LogP contribution in [0.4, 0.5) is 15.4 Å². The Hall–Kier alpha value is -5.47. The molecule has 5 rings (SSSR count). The van der Waals surface area contributed by atoms with Crippen LogP contribution < -0.4 is 9.64 Å². The number of carboxylic acid groups (broad SMARTS) is 1. The van der Waals surface area contributed by atoms with E-state index in [-0.39, 0.29) is 43.0 Å². The van der Waals surface area contributed by atoms with Crippen LogP contribution in [-0.2, 0) is 27.7 Å². The van der Waals surface area contributed by atoms with Gasteiger partial charge in [0.15, 0.2) is 5.75 Å². The number of fused-ring (bicyclic) bond motifs is 1. The molecule has 0 aliphatic carbocycles. The quantitative estimate of drug-likeness (QED) is 0.298. The number of nitrogens with zero attached hydrogens (tertiary/aromatic N) is 6. The third kappa shape index (κ3) is 7.87. The molecule has 0 bridgehead atoms. The Bertz CT molecular complexity index is 1770. The first-order valence-corrected chi connectivity index (χ1v) is 16.3. The normalized spacial score (nSPS) is 17.5. The van der Waals surface area contributed by atoms with Gasteiger partial charge in [0.2, 0.25) is 5.88 Å². The van der Waals surface area contributed by atoms with E-state index in [4.69, 9.17) is 14.2 Å². The van der Waals surface area contributed by atoms with E-state index in [1.165, 1.54) is 16.0 Å². The van der Waals surface area contributed by atoms with Gasteiger partial charge < -0.3 is 19.3 Å². The lowest BCUT2D eigenvalue weighted by atomic mass is 10.1. The molecule has 2 atom stereocenters. The molecule has 4 amide bonds. The highest BCUT2D eigenvalue weighted by molar-refractivity contribution is 6.21. The Morgan fingerprint density at radius 3 is 2.18 bits per heavy atom. The number of aryl methyl sites for hydroxylation is 1. The number of carboxylic acids is 1. The fourth-order valence-corrected chi connectivity index (χ4v) is 5.87. The van der Waals surface area contributed by atoms with Crippen LogP contribution in [0.15, 0.2) is 48.7 Å². The van der Waals surface area contributed by atoms with Crippen LogP contribution in [0.2, 0.25) is 0 Å². The number of hydrogen-bond acceptors (Lipinski definition) is 10. The second-order valence-electron chi connectivity index (χ2n) is 14.2. The van der Waals surface area contributed by atoms with Crippen molar-refractivity contribution in [3.63, 3.8) is 0 Å². The van der Waals surface area contributed by atoms with Crippen molar-refractivity contribution in [1.82, 2.24) is 24.6 Å². The summed E-state index contributed by atoms with van der Waals surface area (Å²) < 4.78 is 19.0. The number of benzene rings is 1. The Morgan fingerprint density at radius 2 is 1.58 bits per heavy atom. The third-order valence-electron chi connectivity index (χ3n) is 8.01. The lowest BCUT2D eigenvalue weighted by Crippen LogP contribution is -2.46. The molecule has 0 unspecified atom stereocenters. The predicted octanol–water partition coefficient (Wildman–Crippen LogP) is 5.04. The zero-order valence-electron chi connectivity index (χ0n) is 29.2. The summed E-state index contributed by atoms with van der Waals surface area (Å²) in [6, 6.07) is 9.44. The predicted molar refractivity (Wildman–Crippen MR) is 179 cm³/mol. The SMILES string of the molecule is Cn1ncc(Oc2cccc(N(C(=O)OC(C)(C)C)[C@H]3C[C@@H](C(=O)O)N(C(=O)OC(C)(C)C)C3)n2)c1CCCN1C(=O)c2ccccc2C1=O. The van der Waals surface area contributed by atoms with Crippen molar-refractivity contribution in [1.29, 1.82) is 0 Å². The second-order valence-corrected chi connectivity index (χ2v) is 14.2. The van der Waals surface area contributed by atoms with E-state index in [1.807, 2.05) is 0 Å². The number of anilines is 1. The van der Waals surface area contributed by atoms with Gasteiger partial charge in [0.1, 0.15) is 23.1 Å². The number of pyridine rings is 1. The van der Waals surface area contributed by atoms with Gasteiger partial charge >= 0.3 is 18.2 Å². The molecule has 15 heteroatoms. The van der Waals surface area contributed by atoms with Gasteiger partial charge in [0, 0.05) is 32.6 Å². The van der Waals surface area contributed by atoms with Crippen LogP contribution in [0.3, 0.4) is 0 Å². The number of carbonyl (C=O) groups is 5. The highest BCUT2D eigenvalue weighted by Crippen LogP contribution is 2.32. The van der Waals surface area contributed by atoms with E-state index >= 15 is 0 Å². The highest BCUT2D eigenvalue weighted by Gasteiger charge is 2.46. The first-order chi connectivity index (χ1) is 23.4. The Labute approximate surface area is 289 Å². The monoisotopic (exact) mass is 690 g/mol. The van der Waals surface area contributed by atoms with Crippen LogP contribution in [-0.4, -0.2) is 96.0 Å². The first-order valence-electron chi connectivity index (χ1n) is 16.3. The molecule has 1 saturated heterocycles. The van der Waals surface area contributed by atoms with E-state index in [1.54, 1.807) is 95.7 Å². The lowest BCUT2D eigenvalue weighted by Gasteiger charge is -2.31. The average molecular weight is 691 g/mol. The number of hydrogen-bond donors (Lipinski definition) is 1. The number of aliphatic carboxylic acids is 1. The van der Waals surface area contributed by atoms with Crippen molar-refractivity contribution in [3.05, 3.63) is 65.5 Å². The van der Waals surface area contributed by atoms with E-state index < -0.39 is 41.4 Å². The molecule has 1 aromatic carbocycles. The van der Waals surface area contributed by atoms with Crippen molar-refractivity contribution in [2.45, 2.75) is 84.1 Å². The molecule has 2 aromatic heterocycles. The molecule has 15 nitrogen and oxygen atoms in total. The molecule has 1 N–H and O–H groups in total. The number of imide groups is 1. The molecule has 0 saturated carbocycles. The minimum absolute atomic E-state index is 0.0968. The summed E-state index contributed by atoms with van der Waals surface area (Å²) in [5.74, 6) is -1.27. The number of aromatic nitrogens is 3. The number of ether oxygens (including phenoxy) is 3. The van der Waals surface area contributed by atoms with Crippen LogP contribution in [0.1, 0.15) is 80.8 Å². The molecular formula is C35H42N6O9. The van der Waals surface area contributed by atoms with Crippen molar-refractivity contribution >= 4 is 35.8 Å².